The first-order chi connectivity index (χ1) is 14.8. The van der Waals surface area contributed by atoms with Gasteiger partial charge < -0.3 is 15.5 Å². The van der Waals surface area contributed by atoms with E-state index in [9.17, 15) is 0 Å². The molecule has 31 heavy (non-hydrogen) atoms. The highest BCUT2D eigenvalue weighted by Crippen LogP contribution is 2.43. The molecule has 4 nitrogen and oxygen atoms in total. The lowest BCUT2D eigenvalue weighted by Gasteiger charge is -2.48. The number of nitrogens with zero attached hydrogens (tertiary/aromatic N) is 1. The average molecular weight is 451 g/mol. The normalized spacial score (nSPS) is 32.8. The van der Waals surface area contributed by atoms with Crippen LogP contribution in [0.15, 0.2) is 23.8 Å². The zero-order valence-electron chi connectivity index (χ0n) is 20.6. The topological polar surface area (TPSA) is 39.3 Å². The van der Waals surface area contributed by atoms with Crippen molar-refractivity contribution in [1.82, 2.24) is 20.9 Å². The van der Waals surface area contributed by atoms with Crippen molar-refractivity contribution < 1.29 is 0 Å². The van der Waals surface area contributed by atoms with Gasteiger partial charge in [-0.3, -0.25) is 5.32 Å². The molecule has 0 aromatic rings. The lowest BCUT2D eigenvalue weighted by atomic mass is 9.65. The first kappa shape index (κ1) is 25.2. The van der Waals surface area contributed by atoms with Gasteiger partial charge in [-0.25, -0.2) is 0 Å². The first-order valence-corrected chi connectivity index (χ1v) is 13.1. The molecule has 5 atom stereocenters. The van der Waals surface area contributed by atoms with Gasteiger partial charge in [0, 0.05) is 32.2 Å². The van der Waals surface area contributed by atoms with Gasteiger partial charge in [0.1, 0.15) is 0 Å². The van der Waals surface area contributed by atoms with E-state index < -0.39 is 0 Å². The third kappa shape index (κ3) is 7.30. The molecule has 1 fully saturated rings. The molecule has 0 saturated carbocycles. The lowest BCUT2D eigenvalue weighted by molar-refractivity contribution is 0.0222. The van der Waals surface area contributed by atoms with Crippen LogP contribution in [0.25, 0.3) is 0 Å². The molecule has 1 saturated heterocycles. The smallest absolute Gasteiger partial charge is 0.0609 e. The van der Waals surface area contributed by atoms with E-state index in [2.05, 4.69) is 73.7 Å². The highest BCUT2D eigenvalue weighted by Gasteiger charge is 2.40. The molecule has 0 aromatic carbocycles. The Kier molecular flexibility index (Phi) is 9.48. The number of hydrogen-bond acceptors (Lipinski definition) is 4. The van der Waals surface area contributed by atoms with Crippen molar-refractivity contribution in [2.75, 3.05) is 39.3 Å². The molecular weight excluding hydrogens is 404 g/mol. The van der Waals surface area contributed by atoms with Crippen LogP contribution in [0.5, 0.6) is 0 Å². The van der Waals surface area contributed by atoms with Crippen molar-refractivity contribution in [1.29, 1.82) is 0 Å². The maximum absolute atomic E-state index is 6.30. The molecule has 0 spiro atoms. The Morgan fingerprint density at radius 2 is 2.03 bits per heavy atom. The zero-order valence-corrected chi connectivity index (χ0v) is 21.3. The number of likely N-dealkylation sites (tertiary alicyclic amines) is 1. The summed E-state index contributed by atoms with van der Waals surface area (Å²) in [7, 11) is 0. The first-order valence-electron chi connectivity index (χ1n) is 12.7. The summed E-state index contributed by atoms with van der Waals surface area (Å²) in [5, 5.41) is 11.2. The Morgan fingerprint density at radius 3 is 2.61 bits per heavy atom. The summed E-state index contributed by atoms with van der Waals surface area (Å²) in [5.74, 6) is 2.12. The summed E-state index contributed by atoms with van der Waals surface area (Å²) in [6.45, 7) is 18.5. The van der Waals surface area contributed by atoms with E-state index >= 15 is 0 Å². The second kappa shape index (κ2) is 11.7. The third-order valence-electron chi connectivity index (χ3n) is 7.77. The van der Waals surface area contributed by atoms with Crippen molar-refractivity contribution in [3.63, 3.8) is 0 Å². The molecule has 178 valence electrons. The summed E-state index contributed by atoms with van der Waals surface area (Å²) >= 11 is 6.30. The van der Waals surface area contributed by atoms with E-state index in [0.717, 1.165) is 44.9 Å². The van der Waals surface area contributed by atoms with E-state index in [0.29, 0.717) is 29.5 Å². The fourth-order valence-corrected chi connectivity index (χ4v) is 6.07. The van der Waals surface area contributed by atoms with Gasteiger partial charge in [0.05, 0.1) is 11.5 Å². The van der Waals surface area contributed by atoms with Crippen LogP contribution in [0.4, 0.5) is 0 Å². The van der Waals surface area contributed by atoms with Gasteiger partial charge in [-0.15, -0.1) is 11.6 Å². The third-order valence-corrected chi connectivity index (χ3v) is 8.13. The van der Waals surface area contributed by atoms with Gasteiger partial charge in [0.25, 0.3) is 0 Å². The summed E-state index contributed by atoms with van der Waals surface area (Å²) in [6.07, 6.45) is 12.3. The minimum absolute atomic E-state index is 0.251. The highest BCUT2D eigenvalue weighted by molar-refractivity contribution is 6.21. The second-order valence-electron chi connectivity index (χ2n) is 11.1. The standard InChI is InChI=1S/C26H47ClN4/c1-6-28-25-12-7-20(16-30-25)15-29-24(19(2)3)17-31-14-13-23(26(4,5)18-31)21-8-10-22(27)11-9-21/h7-8,10,19,21-25,28-30H,6,9,11-18H2,1-5H3/t21?,22?,23?,24-,25?/m0/s1. The number of hydrogen-bond donors (Lipinski definition) is 3. The highest BCUT2D eigenvalue weighted by atomic mass is 35.5. The van der Waals surface area contributed by atoms with Crippen molar-refractivity contribution in [3.8, 4) is 0 Å². The van der Waals surface area contributed by atoms with Crippen molar-refractivity contribution >= 4 is 11.6 Å². The van der Waals surface area contributed by atoms with E-state index in [4.69, 9.17) is 11.6 Å². The number of halogens is 1. The molecule has 3 rings (SSSR count). The molecule has 3 N–H and O–H groups in total. The number of alkyl halides is 1. The summed E-state index contributed by atoms with van der Waals surface area (Å²) in [5.41, 5.74) is 1.85. The molecule has 3 aliphatic rings. The number of allylic oxidation sites excluding steroid dienone is 2. The van der Waals surface area contributed by atoms with Crippen LogP contribution in [0.1, 0.15) is 60.3 Å². The summed E-state index contributed by atoms with van der Waals surface area (Å²) in [6, 6.07) is 0.534. The Labute approximate surface area is 196 Å². The maximum Gasteiger partial charge on any atom is 0.0609 e. The van der Waals surface area contributed by atoms with Crippen molar-refractivity contribution in [3.05, 3.63) is 23.8 Å². The molecule has 0 aromatic heterocycles. The van der Waals surface area contributed by atoms with E-state index in [1.165, 1.54) is 31.5 Å². The fourth-order valence-electron chi connectivity index (χ4n) is 5.86. The summed E-state index contributed by atoms with van der Waals surface area (Å²) in [4.78, 5) is 2.72. The molecule has 0 radical (unpaired) electrons. The van der Waals surface area contributed by atoms with Gasteiger partial charge in [-0.1, -0.05) is 52.8 Å². The van der Waals surface area contributed by atoms with Gasteiger partial charge in [-0.05, 0) is 67.5 Å². The number of nitrogens with one attached hydrogen (secondary N) is 3. The second-order valence-corrected chi connectivity index (χ2v) is 11.6. The number of rotatable bonds is 9. The van der Waals surface area contributed by atoms with Crippen molar-refractivity contribution in [2.24, 2.45) is 23.2 Å². The van der Waals surface area contributed by atoms with Gasteiger partial charge in [0.15, 0.2) is 0 Å². The fraction of sp³-hybridized carbons (Fsp3) is 0.846. The van der Waals surface area contributed by atoms with Crippen LogP contribution in [0.3, 0.4) is 0 Å². The van der Waals surface area contributed by atoms with E-state index in [1.807, 2.05) is 0 Å². The predicted octanol–water partition coefficient (Wildman–Crippen LogP) is 4.38. The van der Waals surface area contributed by atoms with E-state index in [1.54, 1.807) is 0 Å². The Balaban J connectivity index is 1.50. The van der Waals surface area contributed by atoms with Gasteiger partial charge in [0.2, 0.25) is 0 Å². The molecule has 0 amide bonds. The Bertz CT molecular complexity index is 615. The van der Waals surface area contributed by atoms with Crippen LogP contribution in [0.2, 0.25) is 0 Å². The SMILES string of the molecule is CCNC1CC=C(CN[C@@H](CN2CCC(C3C=CC(Cl)CC3)C(C)(C)C2)C(C)C)CN1. The van der Waals surface area contributed by atoms with Crippen LogP contribution in [-0.2, 0) is 0 Å². The lowest BCUT2D eigenvalue weighted by Crippen LogP contribution is -2.53. The average Bonchev–Trinajstić information content (AvgIpc) is 2.72. The molecule has 4 unspecified atom stereocenters. The van der Waals surface area contributed by atoms with Crippen LogP contribution in [0, 0.1) is 23.2 Å². The molecular formula is C26H47ClN4. The molecule has 0 bridgehead atoms. The quantitative estimate of drug-likeness (QED) is 0.360. The van der Waals surface area contributed by atoms with Crippen LogP contribution >= 0.6 is 11.6 Å². The molecule has 2 aliphatic heterocycles. The molecule has 1 aliphatic carbocycles. The number of piperidine rings is 1. The van der Waals surface area contributed by atoms with E-state index in [-0.39, 0.29) is 5.38 Å². The molecule has 5 heteroatoms. The predicted molar refractivity (Wildman–Crippen MR) is 135 cm³/mol. The van der Waals surface area contributed by atoms with Crippen molar-refractivity contribution in [2.45, 2.75) is 77.9 Å². The zero-order chi connectivity index (χ0) is 22.4. The monoisotopic (exact) mass is 450 g/mol. The van der Waals surface area contributed by atoms with Gasteiger partial charge in [-0.2, -0.15) is 0 Å². The summed E-state index contributed by atoms with van der Waals surface area (Å²) < 4.78 is 0. The largest absolute Gasteiger partial charge is 0.309 e. The van der Waals surface area contributed by atoms with Gasteiger partial charge >= 0.3 is 0 Å². The maximum atomic E-state index is 6.30. The van der Waals surface area contributed by atoms with Crippen LogP contribution < -0.4 is 16.0 Å². The van der Waals surface area contributed by atoms with Crippen LogP contribution in [-0.4, -0.2) is 61.8 Å². The Morgan fingerprint density at radius 1 is 1.23 bits per heavy atom. The Hall–Kier alpha value is -0.390. The molecule has 2 heterocycles. The minimum atomic E-state index is 0.251. The minimum Gasteiger partial charge on any atom is -0.309 e.